The monoisotopic (exact) mass is 275 g/mol. The van der Waals surface area contributed by atoms with E-state index in [1.807, 2.05) is 19.1 Å². The predicted octanol–water partition coefficient (Wildman–Crippen LogP) is 1.02. The van der Waals surface area contributed by atoms with Crippen LogP contribution in [0.5, 0.6) is 0 Å². The minimum atomic E-state index is -0.460. The van der Waals surface area contributed by atoms with Gasteiger partial charge < -0.3 is 10.1 Å². The SMILES string of the molecule is COC(=O)CNC(=O)CCn1ncc2cc(C)ccc21. The Labute approximate surface area is 116 Å². The Morgan fingerprint density at radius 2 is 2.20 bits per heavy atom. The summed E-state index contributed by atoms with van der Waals surface area (Å²) in [6.45, 7) is 2.39. The van der Waals surface area contributed by atoms with Crippen LogP contribution in [0.3, 0.4) is 0 Å². The number of nitrogens with zero attached hydrogens (tertiary/aromatic N) is 2. The molecule has 1 aromatic carbocycles. The standard InChI is InChI=1S/C14H17N3O3/c1-10-3-4-12-11(7-10)8-16-17(12)6-5-13(18)15-9-14(19)20-2/h3-4,7-8H,5-6,9H2,1-2H3,(H,15,18). The molecule has 20 heavy (non-hydrogen) atoms. The Morgan fingerprint density at radius 3 is 2.95 bits per heavy atom. The second-order valence-electron chi connectivity index (χ2n) is 4.53. The number of aryl methyl sites for hydroxylation is 2. The molecule has 0 unspecified atom stereocenters. The van der Waals surface area contributed by atoms with Crippen LogP contribution in [0.25, 0.3) is 10.9 Å². The highest BCUT2D eigenvalue weighted by Crippen LogP contribution is 2.15. The van der Waals surface area contributed by atoms with Crippen molar-refractivity contribution in [3.05, 3.63) is 30.0 Å². The highest BCUT2D eigenvalue weighted by atomic mass is 16.5. The van der Waals surface area contributed by atoms with Gasteiger partial charge >= 0.3 is 5.97 Å². The summed E-state index contributed by atoms with van der Waals surface area (Å²) < 4.78 is 6.23. The number of benzene rings is 1. The number of amides is 1. The first kappa shape index (κ1) is 14.0. The molecule has 2 rings (SSSR count). The molecule has 0 fully saturated rings. The van der Waals surface area contributed by atoms with Gasteiger partial charge in [0.1, 0.15) is 6.54 Å². The molecule has 0 saturated heterocycles. The zero-order chi connectivity index (χ0) is 14.5. The second-order valence-corrected chi connectivity index (χ2v) is 4.53. The van der Waals surface area contributed by atoms with Crippen LogP contribution >= 0.6 is 0 Å². The molecule has 0 radical (unpaired) electrons. The number of nitrogens with one attached hydrogen (secondary N) is 1. The van der Waals surface area contributed by atoms with E-state index in [0.29, 0.717) is 6.54 Å². The molecule has 0 aliphatic carbocycles. The van der Waals surface area contributed by atoms with Gasteiger partial charge in [-0.3, -0.25) is 14.3 Å². The molecule has 1 N–H and O–H groups in total. The van der Waals surface area contributed by atoms with E-state index in [1.165, 1.54) is 12.7 Å². The molecule has 0 saturated carbocycles. The zero-order valence-electron chi connectivity index (χ0n) is 11.5. The minimum Gasteiger partial charge on any atom is -0.468 e. The first-order valence-corrected chi connectivity index (χ1v) is 6.36. The fraction of sp³-hybridized carbons (Fsp3) is 0.357. The van der Waals surface area contributed by atoms with Crippen molar-refractivity contribution in [3.8, 4) is 0 Å². The van der Waals surface area contributed by atoms with E-state index in [2.05, 4.69) is 21.2 Å². The maximum atomic E-state index is 11.6. The molecule has 0 aliphatic rings. The lowest BCUT2D eigenvalue weighted by Gasteiger charge is -2.05. The van der Waals surface area contributed by atoms with Crippen LogP contribution < -0.4 is 5.32 Å². The summed E-state index contributed by atoms with van der Waals surface area (Å²) in [5, 5.41) is 7.82. The first-order valence-electron chi connectivity index (χ1n) is 6.36. The number of carbonyl (C=O) groups is 2. The van der Waals surface area contributed by atoms with Gasteiger partial charge in [-0.15, -0.1) is 0 Å². The van der Waals surface area contributed by atoms with E-state index in [4.69, 9.17) is 0 Å². The van der Waals surface area contributed by atoms with Gasteiger partial charge in [0.2, 0.25) is 5.91 Å². The maximum absolute atomic E-state index is 11.6. The van der Waals surface area contributed by atoms with Gasteiger partial charge in [-0.2, -0.15) is 5.10 Å². The quantitative estimate of drug-likeness (QED) is 0.827. The van der Waals surface area contributed by atoms with Gasteiger partial charge in [-0.05, 0) is 19.1 Å². The Kier molecular flexibility index (Phi) is 4.34. The number of hydrogen-bond donors (Lipinski definition) is 1. The first-order chi connectivity index (χ1) is 9.60. The van der Waals surface area contributed by atoms with Crippen molar-refractivity contribution in [3.63, 3.8) is 0 Å². The van der Waals surface area contributed by atoms with Gasteiger partial charge in [0, 0.05) is 11.8 Å². The molecular formula is C14H17N3O3. The number of rotatable bonds is 5. The summed E-state index contributed by atoms with van der Waals surface area (Å²) in [4.78, 5) is 22.5. The van der Waals surface area contributed by atoms with Gasteiger partial charge in [0.15, 0.2) is 0 Å². The minimum absolute atomic E-state index is 0.103. The fourth-order valence-corrected chi connectivity index (χ4v) is 1.92. The van der Waals surface area contributed by atoms with Crippen LogP contribution in [-0.2, 0) is 20.9 Å². The van der Waals surface area contributed by atoms with E-state index >= 15 is 0 Å². The largest absolute Gasteiger partial charge is 0.468 e. The predicted molar refractivity (Wildman–Crippen MR) is 74.1 cm³/mol. The highest BCUT2D eigenvalue weighted by Gasteiger charge is 2.07. The van der Waals surface area contributed by atoms with E-state index in [1.54, 1.807) is 10.9 Å². The molecule has 1 heterocycles. The summed E-state index contributed by atoms with van der Waals surface area (Å²) in [5.41, 5.74) is 2.17. The topological polar surface area (TPSA) is 73.2 Å². The van der Waals surface area contributed by atoms with Crippen molar-refractivity contribution in [2.45, 2.75) is 19.9 Å². The molecule has 1 amide bonds. The lowest BCUT2D eigenvalue weighted by atomic mass is 10.2. The van der Waals surface area contributed by atoms with E-state index in [0.717, 1.165) is 10.9 Å². The summed E-state index contributed by atoms with van der Waals surface area (Å²) in [5.74, 6) is -0.662. The summed E-state index contributed by atoms with van der Waals surface area (Å²) in [7, 11) is 1.28. The summed E-state index contributed by atoms with van der Waals surface area (Å²) in [6.07, 6.45) is 2.05. The molecule has 0 aliphatic heterocycles. The van der Waals surface area contributed by atoms with Crippen molar-refractivity contribution in [1.29, 1.82) is 0 Å². The van der Waals surface area contributed by atoms with Crippen LogP contribution in [0.4, 0.5) is 0 Å². The van der Waals surface area contributed by atoms with Crippen LogP contribution in [0.15, 0.2) is 24.4 Å². The molecule has 106 valence electrons. The van der Waals surface area contributed by atoms with Crippen molar-refractivity contribution in [2.24, 2.45) is 0 Å². The number of esters is 1. The number of aromatic nitrogens is 2. The Morgan fingerprint density at radius 1 is 1.40 bits per heavy atom. The van der Waals surface area contributed by atoms with Crippen molar-refractivity contribution < 1.29 is 14.3 Å². The fourth-order valence-electron chi connectivity index (χ4n) is 1.92. The number of methoxy groups -OCH3 is 1. The summed E-state index contributed by atoms with van der Waals surface area (Å²) >= 11 is 0. The van der Waals surface area contributed by atoms with Gasteiger partial charge in [-0.25, -0.2) is 0 Å². The molecular weight excluding hydrogens is 258 g/mol. The van der Waals surface area contributed by atoms with Crippen LogP contribution in [0.2, 0.25) is 0 Å². The lowest BCUT2D eigenvalue weighted by Crippen LogP contribution is -2.30. The Hall–Kier alpha value is -2.37. The number of carbonyl (C=O) groups excluding carboxylic acids is 2. The number of ether oxygens (including phenoxy) is 1. The van der Waals surface area contributed by atoms with Gasteiger partial charge in [-0.1, -0.05) is 11.6 Å². The molecule has 6 heteroatoms. The lowest BCUT2D eigenvalue weighted by molar-refractivity contribution is -0.141. The molecule has 0 atom stereocenters. The molecule has 0 bridgehead atoms. The third kappa shape index (κ3) is 3.34. The highest BCUT2D eigenvalue weighted by molar-refractivity contribution is 5.82. The van der Waals surface area contributed by atoms with E-state index < -0.39 is 5.97 Å². The normalized spacial score (nSPS) is 10.5. The van der Waals surface area contributed by atoms with Gasteiger partial charge in [0.05, 0.1) is 25.4 Å². The third-order valence-corrected chi connectivity index (χ3v) is 3.01. The van der Waals surface area contributed by atoms with Crippen LogP contribution in [0.1, 0.15) is 12.0 Å². The maximum Gasteiger partial charge on any atom is 0.325 e. The average Bonchev–Trinajstić information content (AvgIpc) is 2.84. The van der Waals surface area contributed by atoms with Crippen LogP contribution in [-0.4, -0.2) is 35.3 Å². The van der Waals surface area contributed by atoms with Crippen LogP contribution in [0, 0.1) is 6.92 Å². The number of hydrogen-bond acceptors (Lipinski definition) is 4. The molecule has 1 aromatic heterocycles. The Balaban J connectivity index is 1.92. The number of fused-ring (bicyclic) bond motifs is 1. The second kappa shape index (κ2) is 6.18. The van der Waals surface area contributed by atoms with Gasteiger partial charge in [0.25, 0.3) is 0 Å². The zero-order valence-corrected chi connectivity index (χ0v) is 11.5. The smallest absolute Gasteiger partial charge is 0.325 e. The molecule has 6 nitrogen and oxygen atoms in total. The van der Waals surface area contributed by atoms with Crippen molar-refractivity contribution in [2.75, 3.05) is 13.7 Å². The average molecular weight is 275 g/mol. The van der Waals surface area contributed by atoms with Crippen molar-refractivity contribution >= 4 is 22.8 Å². The third-order valence-electron chi connectivity index (χ3n) is 3.01. The van der Waals surface area contributed by atoms with E-state index in [-0.39, 0.29) is 18.9 Å². The molecule has 2 aromatic rings. The Bertz CT molecular complexity index is 634. The summed E-state index contributed by atoms with van der Waals surface area (Å²) in [6, 6.07) is 6.05. The van der Waals surface area contributed by atoms with Crippen molar-refractivity contribution in [1.82, 2.24) is 15.1 Å². The molecule has 0 spiro atoms. The van der Waals surface area contributed by atoms with E-state index in [9.17, 15) is 9.59 Å².